The highest BCUT2D eigenvalue weighted by molar-refractivity contribution is 7.91. The quantitative estimate of drug-likeness (QED) is 0.367. The lowest BCUT2D eigenvalue weighted by Gasteiger charge is -2.12. The molecule has 2 aliphatic rings. The summed E-state index contributed by atoms with van der Waals surface area (Å²) in [4.78, 5) is 17.8. The minimum Gasteiger partial charge on any atom is -0.490 e. The molecule has 33 heavy (non-hydrogen) atoms. The first-order valence-corrected chi connectivity index (χ1v) is 13.2. The summed E-state index contributed by atoms with van der Waals surface area (Å²) >= 11 is 5.96. The van der Waals surface area contributed by atoms with Crippen molar-refractivity contribution in [3.63, 3.8) is 0 Å². The highest BCUT2D eigenvalue weighted by atomic mass is 35.5. The van der Waals surface area contributed by atoms with Gasteiger partial charge in [0.1, 0.15) is 19.0 Å². The maximum absolute atomic E-state index is 13.0. The Labute approximate surface area is 196 Å². The molecule has 1 atom stereocenters. The molecular formula is C23H24ClN3O5S. The maximum atomic E-state index is 13.0. The molecule has 2 aromatic heterocycles. The number of halogens is 1. The molecule has 0 amide bonds. The Morgan fingerprint density at radius 1 is 1.21 bits per heavy atom. The van der Waals surface area contributed by atoms with Crippen LogP contribution in [-0.2, 0) is 14.6 Å². The van der Waals surface area contributed by atoms with Gasteiger partial charge < -0.3 is 9.47 Å². The summed E-state index contributed by atoms with van der Waals surface area (Å²) in [6.07, 6.45) is 2.53. The van der Waals surface area contributed by atoms with Gasteiger partial charge in [0.15, 0.2) is 15.5 Å². The van der Waals surface area contributed by atoms with Crippen molar-refractivity contribution >= 4 is 38.4 Å². The number of aryl methyl sites for hydroxylation is 1. The van der Waals surface area contributed by atoms with Crippen LogP contribution in [0.4, 0.5) is 0 Å². The third-order valence-electron chi connectivity index (χ3n) is 6.01. The summed E-state index contributed by atoms with van der Waals surface area (Å²) in [5.74, 6) is 0.620. The number of sulfone groups is 1. The Hall–Kier alpha value is -2.65. The number of esters is 1. The molecule has 2 fully saturated rings. The Morgan fingerprint density at radius 2 is 2.03 bits per heavy atom. The summed E-state index contributed by atoms with van der Waals surface area (Å²) < 4.78 is 36.9. The van der Waals surface area contributed by atoms with Gasteiger partial charge in [0.05, 0.1) is 34.2 Å². The van der Waals surface area contributed by atoms with E-state index < -0.39 is 15.8 Å². The first-order valence-electron chi connectivity index (χ1n) is 11.0. The third-order valence-corrected chi connectivity index (χ3v) is 7.99. The molecule has 1 saturated heterocycles. The topological polar surface area (TPSA) is 100 Å². The van der Waals surface area contributed by atoms with E-state index in [0.29, 0.717) is 45.4 Å². The lowest BCUT2D eigenvalue weighted by atomic mass is 10.1. The molecule has 8 nitrogen and oxygen atoms in total. The van der Waals surface area contributed by atoms with Crippen LogP contribution in [-0.4, -0.2) is 53.9 Å². The van der Waals surface area contributed by atoms with E-state index in [0.717, 1.165) is 18.5 Å². The molecule has 0 radical (unpaired) electrons. The van der Waals surface area contributed by atoms with Gasteiger partial charge in [-0.15, -0.1) is 0 Å². The van der Waals surface area contributed by atoms with Crippen molar-refractivity contribution in [1.82, 2.24) is 14.8 Å². The van der Waals surface area contributed by atoms with E-state index >= 15 is 0 Å². The molecule has 10 heteroatoms. The molecule has 3 heterocycles. The van der Waals surface area contributed by atoms with E-state index in [1.165, 1.54) is 0 Å². The lowest BCUT2D eigenvalue weighted by molar-refractivity contribution is 0.0452. The fraction of sp³-hybridized carbons (Fsp3) is 0.435. The fourth-order valence-corrected chi connectivity index (χ4v) is 6.11. The second-order valence-electron chi connectivity index (χ2n) is 8.60. The van der Waals surface area contributed by atoms with Crippen molar-refractivity contribution < 1.29 is 22.7 Å². The number of nitrogens with zero attached hydrogens (tertiary/aromatic N) is 3. The first kappa shape index (κ1) is 22.2. The molecule has 0 bridgehead atoms. The number of hydrogen-bond donors (Lipinski definition) is 0. The number of pyridine rings is 1. The van der Waals surface area contributed by atoms with Crippen molar-refractivity contribution in [2.75, 3.05) is 24.7 Å². The van der Waals surface area contributed by atoms with Gasteiger partial charge in [0, 0.05) is 16.6 Å². The highest BCUT2D eigenvalue weighted by Gasteiger charge is 2.34. The van der Waals surface area contributed by atoms with Crippen LogP contribution in [0.5, 0.6) is 5.75 Å². The molecule has 1 aliphatic carbocycles. The summed E-state index contributed by atoms with van der Waals surface area (Å²) in [5.41, 5.74) is 2.42. The molecule has 5 rings (SSSR count). The Bertz CT molecular complexity index is 1330. The minimum absolute atomic E-state index is 0.0409. The van der Waals surface area contributed by atoms with Gasteiger partial charge in [0.2, 0.25) is 0 Å². The van der Waals surface area contributed by atoms with Gasteiger partial charge in [-0.05, 0) is 50.5 Å². The maximum Gasteiger partial charge on any atom is 0.339 e. The van der Waals surface area contributed by atoms with Crippen LogP contribution in [0.1, 0.15) is 53.0 Å². The number of fused-ring (bicyclic) bond motifs is 1. The molecular weight excluding hydrogens is 466 g/mol. The van der Waals surface area contributed by atoms with E-state index in [-0.39, 0.29) is 30.8 Å². The number of benzene rings is 1. The summed E-state index contributed by atoms with van der Waals surface area (Å²) in [7, 11) is -3.09. The van der Waals surface area contributed by atoms with Crippen molar-refractivity contribution in [1.29, 1.82) is 0 Å². The minimum atomic E-state index is -3.09. The van der Waals surface area contributed by atoms with Crippen LogP contribution in [0.25, 0.3) is 11.0 Å². The predicted molar refractivity (Wildman–Crippen MR) is 124 cm³/mol. The molecule has 1 saturated carbocycles. The number of ether oxygens (including phenoxy) is 2. The van der Waals surface area contributed by atoms with Crippen molar-refractivity contribution in [2.45, 2.75) is 38.1 Å². The Kier molecular flexibility index (Phi) is 5.78. The first-order chi connectivity index (χ1) is 15.8. The number of hydrogen-bond acceptors (Lipinski definition) is 7. The molecule has 3 aromatic rings. The zero-order chi connectivity index (χ0) is 23.2. The summed E-state index contributed by atoms with van der Waals surface area (Å²) in [6, 6.07) is 8.53. The van der Waals surface area contributed by atoms with Crippen LogP contribution in [0.2, 0.25) is 5.02 Å². The Balaban J connectivity index is 1.39. The zero-order valence-electron chi connectivity index (χ0n) is 18.2. The van der Waals surface area contributed by atoms with Gasteiger partial charge in [-0.25, -0.2) is 22.9 Å². The summed E-state index contributed by atoms with van der Waals surface area (Å²) in [6.45, 7) is 2.07. The van der Waals surface area contributed by atoms with Crippen LogP contribution >= 0.6 is 11.6 Å². The normalized spacial score (nSPS) is 19.6. The summed E-state index contributed by atoms with van der Waals surface area (Å²) in [5, 5.41) is 5.77. The SMILES string of the molecule is Cc1nn(C2CCS(=O)(=O)C2)c2nc(C3CC3)cc(C(=O)OCCOc3cccc(Cl)c3)c12. The average Bonchev–Trinajstić information content (AvgIpc) is 3.49. The number of rotatable bonds is 7. The second-order valence-corrected chi connectivity index (χ2v) is 11.3. The van der Waals surface area contributed by atoms with Crippen LogP contribution in [0.15, 0.2) is 30.3 Å². The van der Waals surface area contributed by atoms with Gasteiger partial charge in [0.25, 0.3) is 0 Å². The molecule has 174 valence electrons. The molecule has 1 aromatic carbocycles. The number of carbonyl (C=O) groups is 1. The van der Waals surface area contributed by atoms with Crippen LogP contribution < -0.4 is 4.74 Å². The zero-order valence-corrected chi connectivity index (χ0v) is 19.7. The standard InChI is InChI=1S/C23H24ClN3O5S/c1-14-21-19(23(28)32-9-8-31-18-4-2-3-16(24)11-18)12-20(15-5-6-15)25-22(21)27(26-14)17-7-10-33(29,30)13-17/h2-4,11-12,15,17H,5-10,13H2,1H3. The van der Waals surface area contributed by atoms with Gasteiger partial charge >= 0.3 is 5.97 Å². The van der Waals surface area contributed by atoms with E-state index in [1.54, 1.807) is 41.9 Å². The van der Waals surface area contributed by atoms with Gasteiger partial charge in [-0.1, -0.05) is 17.7 Å². The lowest BCUT2D eigenvalue weighted by Crippen LogP contribution is -2.15. The molecule has 1 unspecified atom stereocenters. The highest BCUT2D eigenvalue weighted by Crippen LogP contribution is 2.41. The molecule has 1 aliphatic heterocycles. The fourth-order valence-electron chi connectivity index (χ4n) is 4.23. The van der Waals surface area contributed by atoms with Crippen LogP contribution in [0, 0.1) is 6.92 Å². The number of carbonyl (C=O) groups excluding carboxylic acids is 1. The monoisotopic (exact) mass is 489 g/mol. The smallest absolute Gasteiger partial charge is 0.339 e. The van der Waals surface area contributed by atoms with Crippen LogP contribution in [0.3, 0.4) is 0 Å². The van der Waals surface area contributed by atoms with E-state index in [4.69, 9.17) is 26.1 Å². The molecule has 0 N–H and O–H groups in total. The average molecular weight is 490 g/mol. The van der Waals surface area contributed by atoms with E-state index in [9.17, 15) is 13.2 Å². The molecule has 0 spiro atoms. The third kappa shape index (κ3) is 4.70. The van der Waals surface area contributed by atoms with E-state index in [2.05, 4.69) is 5.10 Å². The van der Waals surface area contributed by atoms with Crippen molar-refractivity contribution in [3.8, 4) is 5.75 Å². The largest absolute Gasteiger partial charge is 0.490 e. The van der Waals surface area contributed by atoms with Gasteiger partial charge in [-0.2, -0.15) is 5.10 Å². The van der Waals surface area contributed by atoms with Crippen molar-refractivity contribution in [2.24, 2.45) is 0 Å². The predicted octanol–water partition coefficient (Wildman–Crippen LogP) is 3.87. The van der Waals surface area contributed by atoms with Crippen molar-refractivity contribution in [3.05, 3.63) is 52.3 Å². The second kappa shape index (κ2) is 8.61. The number of aromatic nitrogens is 3. The Morgan fingerprint density at radius 3 is 2.73 bits per heavy atom. The van der Waals surface area contributed by atoms with E-state index in [1.807, 2.05) is 0 Å². The van der Waals surface area contributed by atoms with Gasteiger partial charge in [-0.3, -0.25) is 0 Å².